The van der Waals surface area contributed by atoms with E-state index in [1.807, 2.05) is 11.5 Å². The third-order valence-electron chi connectivity index (χ3n) is 4.22. The molecule has 142 valence electrons. The molecule has 3 aromatic rings. The van der Waals surface area contributed by atoms with Crippen molar-refractivity contribution in [2.75, 3.05) is 0 Å². The van der Waals surface area contributed by atoms with Crippen LogP contribution in [0.4, 0.5) is 10.1 Å². The van der Waals surface area contributed by atoms with E-state index in [1.165, 1.54) is 36.5 Å². The highest BCUT2D eigenvalue weighted by Crippen LogP contribution is 2.21. The molecule has 0 saturated heterocycles. The summed E-state index contributed by atoms with van der Waals surface area (Å²) in [4.78, 5) is 22.8. The molecule has 0 atom stereocenters. The Kier molecular flexibility index (Phi) is 5.30. The van der Waals surface area contributed by atoms with Gasteiger partial charge in [0, 0.05) is 34.8 Å². The smallest absolute Gasteiger partial charge is 0.273 e. The van der Waals surface area contributed by atoms with Crippen LogP contribution in [0, 0.1) is 29.8 Å². The van der Waals surface area contributed by atoms with Crippen molar-refractivity contribution in [1.82, 2.24) is 9.99 Å². The Labute approximate surface area is 160 Å². The molecule has 0 aliphatic rings. The number of halogens is 1. The van der Waals surface area contributed by atoms with Crippen LogP contribution >= 0.6 is 0 Å². The summed E-state index contributed by atoms with van der Waals surface area (Å²) >= 11 is 0. The Balaban J connectivity index is 1.78. The van der Waals surface area contributed by atoms with Crippen LogP contribution in [-0.4, -0.2) is 21.6 Å². The van der Waals surface area contributed by atoms with Crippen LogP contribution in [0.5, 0.6) is 0 Å². The van der Waals surface area contributed by atoms with Gasteiger partial charge in [-0.1, -0.05) is 12.1 Å². The number of nitro groups is 1. The second-order valence-corrected chi connectivity index (χ2v) is 6.15. The quantitative estimate of drug-likeness (QED) is 0.413. The normalized spacial score (nSPS) is 11.0. The minimum atomic E-state index is -0.500. The Morgan fingerprint density at radius 3 is 2.57 bits per heavy atom. The number of carbonyl (C=O) groups is 1. The number of nitrogens with one attached hydrogen (secondary N) is 1. The van der Waals surface area contributed by atoms with Crippen molar-refractivity contribution in [2.24, 2.45) is 5.10 Å². The Bertz CT molecular complexity index is 1070. The maximum atomic E-state index is 13.2. The summed E-state index contributed by atoms with van der Waals surface area (Å²) < 4.78 is 15.0. The minimum absolute atomic E-state index is 0.0573. The van der Waals surface area contributed by atoms with E-state index in [4.69, 9.17) is 0 Å². The van der Waals surface area contributed by atoms with Crippen LogP contribution in [-0.2, 0) is 0 Å². The summed E-state index contributed by atoms with van der Waals surface area (Å²) in [5.41, 5.74) is 5.54. The van der Waals surface area contributed by atoms with Gasteiger partial charge in [0.05, 0.1) is 16.7 Å². The molecule has 0 bridgehead atoms. The van der Waals surface area contributed by atoms with Gasteiger partial charge in [-0.05, 0) is 44.2 Å². The summed E-state index contributed by atoms with van der Waals surface area (Å²) in [6, 6.07) is 13.6. The number of hydrogen-bond donors (Lipinski definition) is 1. The zero-order valence-corrected chi connectivity index (χ0v) is 15.2. The van der Waals surface area contributed by atoms with Gasteiger partial charge in [-0.25, -0.2) is 9.82 Å². The molecule has 28 heavy (non-hydrogen) atoms. The first-order chi connectivity index (χ1) is 13.4. The molecule has 0 aliphatic heterocycles. The fraction of sp³-hybridized carbons (Fsp3) is 0.100. The number of hydrazone groups is 1. The fourth-order valence-corrected chi connectivity index (χ4v) is 2.92. The van der Waals surface area contributed by atoms with Crippen molar-refractivity contribution < 1.29 is 14.1 Å². The summed E-state index contributed by atoms with van der Waals surface area (Å²) in [6.07, 6.45) is 1.34. The fourth-order valence-electron chi connectivity index (χ4n) is 2.92. The van der Waals surface area contributed by atoms with E-state index in [9.17, 15) is 19.3 Å². The molecule has 0 aliphatic carbocycles. The lowest BCUT2D eigenvalue weighted by Gasteiger charge is -2.09. The number of aromatic nitrogens is 1. The summed E-state index contributed by atoms with van der Waals surface area (Å²) in [5, 5.41) is 14.7. The first-order valence-electron chi connectivity index (χ1n) is 8.39. The maximum Gasteiger partial charge on any atom is 0.273 e. The zero-order valence-electron chi connectivity index (χ0n) is 15.2. The molecule has 1 heterocycles. The number of nitrogens with zero attached hydrogens (tertiary/aromatic N) is 3. The molecule has 0 spiro atoms. The average Bonchev–Trinajstić information content (AvgIpc) is 2.97. The van der Waals surface area contributed by atoms with Crippen molar-refractivity contribution >= 4 is 17.8 Å². The lowest BCUT2D eigenvalue weighted by Crippen LogP contribution is -2.18. The second-order valence-electron chi connectivity index (χ2n) is 6.15. The number of aryl methyl sites for hydroxylation is 1. The molecule has 8 heteroatoms. The van der Waals surface area contributed by atoms with E-state index < -0.39 is 10.8 Å². The predicted molar refractivity (Wildman–Crippen MR) is 103 cm³/mol. The van der Waals surface area contributed by atoms with E-state index in [2.05, 4.69) is 10.5 Å². The maximum absolute atomic E-state index is 13.2. The number of non-ortho nitro benzene ring substituents is 1. The van der Waals surface area contributed by atoms with E-state index >= 15 is 0 Å². The van der Waals surface area contributed by atoms with Crippen molar-refractivity contribution in [3.63, 3.8) is 0 Å². The summed E-state index contributed by atoms with van der Waals surface area (Å²) in [7, 11) is 0. The number of rotatable bonds is 5. The van der Waals surface area contributed by atoms with Crippen LogP contribution in [0.25, 0.3) is 5.69 Å². The third kappa shape index (κ3) is 3.96. The van der Waals surface area contributed by atoms with Crippen molar-refractivity contribution in [2.45, 2.75) is 13.8 Å². The Hall–Kier alpha value is -3.81. The second kappa shape index (κ2) is 7.83. The Morgan fingerprint density at radius 1 is 1.18 bits per heavy atom. The molecule has 0 fully saturated rings. The number of nitro benzene ring substituents is 1. The first-order valence-corrected chi connectivity index (χ1v) is 8.39. The largest absolute Gasteiger partial charge is 0.318 e. The van der Waals surface area contributed by atoms with Gasteiger partial charge >= 0.3 is 0 Å². The molecule has 7 nitrogen and oxygen atoms in total. The standard InChI is InChI=1S/C20H17FN4O3/c1-13-10-19(14(2)24(13)17-8-6-16(21)7-9-17)20(26)23-22-12-15-4-3-5-18(11-15)25(27)28/h3-12H,1-2H3,(H,23,26)/b22-12+. The number of carbonyl (C=O) groups excluding carboxylic acids is 1. The minimum Gasteiger partial charge on any atom is -0.318 e. The van der Waals surface area contributed by atoms with E-state index in [0.29, 0.717) is 16.8 Å². The zero-order chi connectivity index (χ0) is 20.3. The summed E-state index contributed by atoms with van der Waals surface area (Å²) in [6.45, 7) is 3.63. The molecule has 0 unspecified atom stereocenters. The van der Waals surface area contributed by atoms with Crippen molar-refractivity contribution in [3.05, 3.63) is 93.0 Å². The highest BCUT2D eigenvalue weighted by atomic mass is 19.1. The topological polar surface area (TPSA) is 89.5 Å². The van der Waals surface area contributed by atoms with Crippen LogP contribution in [0.15, 0.2) is 59.7 Å². The molecule has 0 radical (unpaired) electrons. The molecular formula is C20H17FN4O3. The molecule has 1 N–H and O–H groups in total. The average molecular weight is 380 g/mol. The molecule has 2 aromatic carbocycles. The van der Waals surface area contributed by atoms with Crippen LogP contribution < -0.4 is 5.43 Å². The van der Waals surface area contributed by atoms with E-state index in [0.717, 1.165) is 11.4 Å². The van der Waals surface area contributed by atoms with Gasteiger partial charge < -0.3 is 4.57 Å². The van der Waals surface area contributed by atoms with Gasteiger partial charge in [-0.3, -0.25) is 14.9 Å². The molecule has 3 rings (SSSR count). The molecule has 1 aromatic heterocycles. The van der Waals surface area contributed by atoms with Crippen molar-refractivity contribution in [3.8, 4) is 5.69 Å². The Morgan fingerprint density at radius 2 is 1.89 bits per heavy atom. The van der Waals surface area contributed by atoms with Gasteiger partial charge in [-0.15, -0.1) is 0 Å². The third-order valence-corrected chi connectivity index (χ3v) is 4.22. The summed E-state index contributed by atoms with van der Waals surface area (Å²) in [5.74, 6) is -0.747. The van der Waals surface area contributed by atoms with Gasteiger partial charge in [-0.2, -0.15) is 5.10 Å². The van der Waals surface area contributed by atoms with Gasteiger partial charge in [0.2, 0.25) is 0 Å². The molecular weight excluding hydrogens is 363 g/mol. The van der Waals surface area contributed by atoms with Gasteiger partial charge in [0.1, 0.15) is 5.82 Å². The monoisotopic (exact) mass is 380 g/mol. The SMILES string of the molecule is Cc1cc(C(=O)N/N=C/c2cccc([N+](=O)[O-])c2)c(C)n1-c1ccc(F)cc1. The number of amides is 1. The highest BCUT2D eigenvalue weighted by molar-refractivity contribution is 5.96. The van der Waals surface area contributed by atoms with Crippen LogP contribution in [0.2, 0.25) is 0 Å². The van der Waals surface area contributed by atoms with Gasteiger partial charge in [0.25, 0.3) is 11.6 Å². The van der Waals surface area contributed by atoms with E-state index in [1.54, 1.807) is 31.2 Å². The van der Waals surface area contributed by atoms with Crippen molar-refractivity contribution in [1.29, 1.82) is 0 Å². The number of benzene rings is 2. The predicted octanol–water partition coefficient (Wildman–Crippen LogP) is 3.91. The molecule has 1 amide bonds. The first kappa shape index (κ1) is 19.0. The van der Waals surface area contributed by atoms with E-state index in [-0.39, 0.29) is 11.5 Å². The van der Waals surface area contributed by atoms with Crippen LogP contribution in [0.1, 0.15) is 27.3 Å². The highest BCUT2D eigenvalue weighted by Gasteiger charge is 2.16. The van der Waals surface area contributed by atoms with Crippen LogP contribution in [0.3, 0.4) is 0 Å². The van der Waals surface area contributed by atoms with Gasteiger partial charge in [0.15, 0.2) is 0 Å². The lowest BCUT2D eigenvalue weighted by molar-refractivity contribution is -0.384. The lowest BCUT2D eigenvalue weighted by atomic mass is 10.2. The molecule has 0 saturated carbocycles. The number of hydrogen-bond acceptors (Lipinski definition) is 4.